The molecule has 2 aromatic rings. The third-order valence-corrected chi connectivity index (χ3v) is 3.93. The van der Waals surface area contributed by atoms with Crippen LogP contribution in [0.4, 0.5) is 5.82 Å². The lowest BCUT2D eigenvalue weighted by atomic mass is 9.93. The van der Waals surface area contributed by atoms with Crippen LogP contribution in [0.15, 0.2) is 30.3 Å². The number of nitrogen functional groups attached to an aromatic ring is 1. The fraction of sp³-hybridized carbons (Fsp3) is 0.375. The van der Waals surface area contributed by atoms with Gasteiger partial charge in [-0.2, -0.15) is 0 Å². The summed E-state index contributed by atoms with van der Waals surface area (Å²) in [4.78, 5) is 18.9. The molecule has 4 heteroatoms. The molecule has 4 nitrogen and oxygen atoms in total. The molecule has 1 aliphatic rings. The first-order valence-electron chi connectivity index (χ1n) is 6.91. The van der Waals surface area contributed by atoms with Crippen LogP contribution in [0, 0.1) is 5.41 Å². The number of carbonyl (C=O) groups is 1. The highest BCUT2D eigenvalue weighted by Gasteiger charge is 2.33. The van der Waals surface area contributed by atoms with E-state index in [1.165, 1.54) is 0 Å². The second-order valence-corrected chi connectivity index (χ2v) is 6.25. The van der Waals surface area contributed by atoms with Crippen LogP contribution >= 0.6 is 0 Å². The fourth-order valence-corrected chi connectivity index (χ4v) is 2.83. The van der Waals surface area contributed by atoms with Crippen molar-refractivity contribution in [2.24, 2.45) is 5.41 Å². The van der Waals surface area contributed by atoms with Gasteiger partial charge in [0.2, 0.25) is 0 Å². The quantitative estimate of drug-likeness (QED) is 0.866. The second kappa shape index (κ2) is 4.47. The van der Waals surface area contributed by atoms with Gasteiger partial charge in [0, 0.05) is 18.5 Å². The molecule has 0 bridgehead atoms. The van der Waals surface area contributed by atoms with Gasteiger partial charge in [-0.1, -0.05) is 32.0 Å². The minimum absolute atomic E-state index is 0.0564. The van der Waals surface area contributed by atoms with Crippen molar-refractivity contribution in [2.75, 3.05) is 18.8 Å². The Morgan fingerprint density at radius 2 is 2.10 bits per heavy atom. The molecule has 1 saturated heterocycles. The van der Waals surface area contributed by atoms with Crippen LogP contribution in [0.2, 0.25) is 0 Å². The van der Waals surface area contributed by atoms with Crippen molar-refractivity contribution in [3.05, 3.63) is 35.9 Å². The lowest BCUT2D eigenvalue weighted by Crippen LogP contribution is -2.30. The number of benzene rings is 1. The van der Waals surface area contributed by atoms with Crippen molar-refractivity contribution in [3.63, 3.8) is 0 Å². The number of nitrogens with zero attached hydrogens (tertiary/aromatic N) is 2. The molecule has 20 heavy (non-hydrogen) atoms. The molecule has 1 fully saturated rings. The molecule has 1 aliphatic heterocycles. The van der Waals surface area contributed by atoms with Crippen LogP contribution in [-0.2, 0) is 0 Å². The van der Waals surface area contributed by atoms with E-state index >= 15 is 0 Å². The number of para-hydroxylation sites is 1. The molecular weight excluding hydrogens is 250 g/mol. The first-order chi connectivity index (χ1) is 9.46. The number of likely N-dealkylation sites (tertiary alicyclic amines) is 1. The first kappa shape index (κ1) is 12.9. The third-order valence-electron chi connectivity index (χ3n) is 3.93. The van der Waals surface area contributed by atoms with Gasteiger partial charge in [0.15, 0.2) is 0 Å². The predicted molar refractivity (Wildman–Crippen MR) is 80.5 cm³/mol. The summed E-state index contributed by atoms with van der Waals surface area (Å²) in [5.41, 5.74) is 7.46. The molecule has 2 heterocycles. The van der Waals surface area contributed by atoms with E-state index in [0.717, 1.165) is 30.4 Å². The van der Waals surface area contributed by atoms with E-state index in [0.29, 0.717) is 11.4 Å². The smallest absolute Gasteiger partial charge is 0.254 e. The van der Waals surface area contributed by atoms with E-state index < -0.39 is 0 Å². The lowest BCUT2D eigenvalue weighted by Gasteiger charge is -2.20. The third kappa shape index (κ3) is 2.22. The van der Waals surface area contributed by atoms with E-state index in [9.17, 15) is 4.79 Å². The topological polar surface area (TPSA) is 59.2 Å². The molecule has 1 aromatic heterocycles. The summed E-state index contributed by atoms with van der Waals surface area (Å²) >= 11 is 0. The van der Waals surface area contributed by atoms with Gasteiger partial charge in [0.05, 0.1) is 11.1 Å². The summed E-state index contributed by atoms with van der Waals surface area (Å²) < 4.78 is 0. The SMILES string of the molecule is CC1(C)CCN(C(=O)c2cc(N)nc3ccccc23)C1. The zero-order chi connectivity index (χ0) is 14.3. The number of pyridine rings is 1. The molecule has 104 valence electrons. The summed E-state index contributed by atoms with van der Waals surface area (Å²) in [5, 5.41) is 0.872. The molecule has 0 saturated carbocycles. The van der Waals surface area contributed by atoms with Crippen molar-refractivity contribution in [3.8, 4) is 0 Å². The highest BCUT2D eigenvalue weighted by molar-refractivity contribution is 6.07. The van der Waals surface area contributed by atoms with E-state index in [4.69, 9.17) is 5.73 Å². The molecule has 0 aliphatic carbocycles. The average Bonchev–Trinajstić information content (AvgIpc) is 2.77. The molecule has 0 radical (unpaired) electrons. The van der Waals surface area contributed by atoms with Crippen LogP contribution in [-0.4, -0.2) is 28.9 Å². The molecule has 1 amide bonds. The number of amides is 1. The van der Waals surface area contributed by atoms with Crippen molar-refractivity contribution in [2.45, 2.75) is 20.3 Å². The Morgan fingerprint density at radius 1 is 1.35 bits per heavy atom. The summed E-state index contributed by atoms with van der Waals surface area (Å²) in [6.07, 6.45) is 1.04. The van der Waals surface area contributed by atoms with Crippen molar-refractivity contribution < 1.29 is 4.79 Å². The van der Waals surface area contributed by atoms with Crippen LogP contribution in [0.1, 0.15) is 30.6 Å². The normalized spacial score (nSPS) is 17.6. The van der Waals surface area contributed by atoms with Gasteiger partial charge < -0.3 is 10.6 Å². The Bertz CT molecular complexity index is 678. The molecule has 0 unspecified atom stereocenters. The maximum Gasteiger partial charge on any atom is 0.254 e. The van der Waals surface area contributed by atoms with Crippen LogP contribution < -0.4 is 5.73 Å². The van der Waals surface area contributed by atoms with Crippen molar-refractivity contribution in [1.82, 2.24) is 9.88 Å². The molecule has 1 aromatic carbocycles. The molecule has 3 rings (SSSR count). The number of aromatic nitrogens is 1. The number of nitrogens with two attached hydrogens (primary N) is 1. The number of carbonyl (C=O) groups excluding carboxylic acids is 1. The summed E-state index contributed by atoms with van der Waals surface area (Å²) in [5.74, 6) is 0.450. The second-order valence-electron chi connectivity index (χ2n) is 6.25. The van der Waals surface area contributed by atoms with Crippen LogP contribution in [0.3, 0.4) is 0 Å². The van der Waals surface area contributed by atoms with E-state index in [-0.39, 0.29) is 11.3 Å². The molecule has 0 spiro atoms. The minimum Gasteiger partial charge on any atom is -0.384 e. The molecule has 0 atom stereocenters. The van der Waals surface area contributed by atoms with Gasteiger partial charge in [-0.3, -0.25) is 4.79 Å². The van der Waals surface area contributed by atoms with Gasteiger partial charge in [0.25, 0.3) is 5.91 Å². The van der Waals surface area contributed by atoms with Gasteiger partial charge in [-0.15, -0.1) is 0 Å². The maximum absolute atomic E-state index is 12.7. The Hall–Kier alpha value is -2.10. The van der Waals surface area contributed by atoms with E-state index in [1.54, 1.807) is 6.07 Å². The number of fused-ring (bicyclic) bond motifs is 1. The molecule has 2 N–H and O–H groups in total. The van der Waals surface area contributed by atoms with Gasteiger partial charge >= 0.3 is 0 Å². The number of hydrogen-bond acceptors (Lipinski definition) is 3. The first-order valence-corrected chi connectivity index (χ1v) is 6.91. The fourth-order valence-electron chi connectivity index (χ4n) is 2.83. The largest absolute Gasteiger partial charge is 0.384 e. The Kier molecular flexibility index (Phi) is 2.89. The highest BCUT2D eigenvalue weighted by Crippen LogP contribution is 2.31. The standard InChI is InChI=1S/C16H19N3O/c1-16(2)7-8-19(10-16)15(20)12-9-14(17)18-13-6-4-3-5-11(12)13/h3-6,9H,7-8,10H2,1-2H3,(H2,17,18). The van der Waals surface area contributed by atoms with Gasteiger partial charge in [-0.25, -0.2) is 4.98 Å². The highest BCUT2D eigenvalue weighted by atomic mass is 16.2. The monoisotopic (exact) mass is 269 g/mol. The van der Waals surface area contributed by atoms with Crippen molar-refractivity contribution >= 4 is 22.6 Å². The number of hydrogen-bond donors (Lipinski definition) is 1. The Balaban J connectivity index is 2.04. The summed E-state index contributed by atoms with van der Waals surface area (Å²) in [6, 6.07) is 9.33. The summed E-state index contributed by atoms with van der Waals surface area (Å²) in [7, 11) is 0. The van der Waals surface area contributed by atoms with Crippen LogP contribution in [0.5, 0.6) is 0 Å². The average molecular weight is 269 g/mol. The van der Waals surface area contributed by atoms with Crippen molar-refractivity contribution in [1.29, 1.82) is 0 Å². The van der Waals surface area contributed by atoms with Gasteiger partial charge in [0.1, 0.15) is 5.82 Å². The summed E-state index contributed by atoms with van der Waals surface area (Å²) in [6.45, 7) is 5.99. The van der Waals surface area contributed by atoms with E-state index in [1.807, 2.05) is 29.2 Å². The molecular formula is C16H19N3O. The maximum atomic E-state index is 12.7. The zero-order valence-corrected chi connectivity index (χ0v) is 11.9. The number of rotatable bonds is 1. The zero-order valence-electron chi connectivity index (χ0n) is 11.9. The van der Waals surface area contributed by atoms with E-state index in [2.05, 4.69) is 18.8 Å². The predicted octanol–water partition coefficient (Wildman–Crippen LogP) is 2.69. The Morgan fingerprint density at radius 3 is 2.80 bits per heavy atom. The minimum atomic E-state index is 0.0564. The van der Waals surface area contributed by atoms with Gasteiger partial charge in [-0.05, 0) is 24.0 Å². The van der Waals surface area contributed by atoms with Crippen LogP contribution in [0.25, 0.3) is 10.9 Å². The Labute approximate surface area is 118 Å². The number of anilines is 1. The lowest BCUT2D eigenvalue weighted by molar-refractivity contribution is 0.0780.